The first-order valence-electron chi connectivity index (χ1n) is 5.86. The highest BCUT2D eigenvalue weighted by molar-refractivity contribution is 9.10. The zero-order valence-electron chi connectivity index (χ0n) is 10.3. The predicted molar refractivity (Wildman–Crippen MR) is 88.9 cm³/mol. The molecule has 3 rings (SSSR count). The van der Waals surface area contributed by atoms with E-state index in [9.17, 15) is 0 Å². The summed E-state index contributed by atoms with van der Waals surface area (Å²) in [5.74, 6) is 7.68. The molecule has 0 fully saturated rings. The van der Waals surface area contributed by atoms with Crippen molar-refractivity contribution in [3.8, 4) is 0 Å². The summed E-state index contributed by atoms with van der Waals surface area (Å²) in [6.07, 6.45) is 0. The smallest absolute Gasteiger partial charge is 0.152 e. The summed E-state index contributed by atoms with van der Waals surface area (Å²) < 4.78 is 1.08. The van der Waals surface area contributed by atoms with Crippen LogP contribution in [0.2, 0.25) is 0 Å². The van der Waals surface area contributed by atoms with Crippen LogP contribution >= 0.6 is 39.0 Å². The van der Waals surface area contributed by atoms with Crippen molar-refractivity contribution in [2.24, 2.45) is 5.84 Å². The third-order valence-corrected chi connectivity index (χ3v) is 5.53. The number of nitrogen functional groups attached to an aromatic ring is 1. The molecule has 0 saturated heterocycles. The molecular formula is C13H11BrN4S2. The quantitative estimate of drug-likeness (QED) is 0.414. The average molecular weight is 367 g/mol. The molecule has 0 saturated carbocycles. The van der Waals surface area contributed by atoms with Crippen molar-refractivity contribution in [3.63, 3.8) is 0 Å². The van der Waals surface area contributed by atoms with Gasteiger partial charge in [0.15, 0.2) is 5.82 Å². The number of rotatable bonds is 4. The van der Waals surface area contributed by atoms with E-state index in [1.54, 1.807) is 23.1 Å². The molecule has 0 bridgehead atoms. The number of thioether (sulfide) groups is 1. The Kier molecular flexibility index (Phi) is 4.21. The second-order valence-electron chi connectivity index (χ2n) is 3.99. The molecule has 7 heteroatoms. The summed E-state index contributed by atoms with van der Waals surface area (Å²) >= 11 is 6.82. The number of nitrogens with two attached hydrogens (primary N) is 1. The normalized spacial score (nSPS) is 10.9. The van der Waals surface area contributed by atoms with Crippen LogP contribution in [0.15, 0.2) is 45.1 Å². The van der Waals surface area contributed by atoms with Crippen molar-refractivity contribution in [2.75, 3.05) is 5.43 Å². The number of halogens is 1. The molecule has 1 aromatic carbocycles. The van der Waals surface area contributed by atoms with Crippen LogP contribution in [-0.4, -0.2) is 9.97 Å². The van der Waals surface area contributed by atoms with Gasteiger partial charge < -0.3 is 5.43 Å². The maximum Gasteiger partial charge on any atom is 0.152 e. The number of nitrogens with one attached hydrogen (secondary N) is 1. The van der Waals surface area contributed by atoms with Crippen molar-refractivity contribution in [1.29, 1.82) is 0 Å². The third kappa shape index (κ3) is 2.80. The zero-order chi connectivity index (χ0) is 13.9. The predicted octanol–water partition coefficient (Wildman–Crippen LogP) is 4.03. The van der Waals surface area contributed by atoms with Crippen LogP contribution < -0.4 is 11.3 Å². The van der Waals surface area contributed by atoms with Crippen molar-refractivity contribution < 1.29 is 0 Å². The zero-order valence-corrected chi connectivity index (χ0v) is 13.6. The lowest BCUT2D eigenvalue weighted by Gasteiger charge is -2.06. The molecule has 102 valence electrons. The Bertz CT molecular complexity index is 744. The summed E-state index contributed by atoms with van der Waals surface area (Å²) in [6, 6.07) is 10.1. The number of benzene rings is 1. The van der Waals surface area contributed by atoms with Gasteiger partial charge in [-0.2, -0.15) is 0 Å². The van der Waals surface area contributed by atoms with Gasteiger partial charge in [-0.25, -0.2) is 15.8 Å². The summed E-state index contributed by atoms with van der Waals surface area (Å²) in [7, 11) is 0. The molecule has 2 aromatic heterocycles. The number of hydrazine groups is 1. The number of hydrogen-bond acceptors (Lipinski definition) is 6. The van der Waals surface area contributed by atoms with Crippen LogP contribution in [-0.2, 0) is 5.75 Å². The Balaban J connectivity index is 1.86. The number of anilines is 1. The van der Waals surface area contributed by atoms with Crippen molar-refractivity contribution in [1.82, 2.24) is 9.97 Å². The molecule has 0 aliphatic rings. The SMILES string of the molecule is NNc1nc(CSc2ccccc2Br)nc2sccc12. The maximum atomic E-state index is 5.53. The maximum absolute atomic E-state index is 5.53. The first-order chi connectivity index (χ1) is 9.78. The van der Waals surface area contributed by atoms with Crippen LogP contribution in [0.1, 0.15) is 5.82 Å². The molecule has 0 amide bonds. The molecule has 0 spiro atoms. The molecule has 0 radical (unpaired) electrons. The van der Waals surface area contributed by atoms with Gasteiger partial charge in [-0.1, -0.05) is 12.1 Å². The standard InChI is InChI=1S/C13H11BrN4S2/c14-9-3-1-2-4-10(9)20-7-11-16-12(18-15)8-5-6-19-13(8)17-11/h1-6H,7,15H2,(H,16,17,18). The molecule has 0 aliphatic heterocycles. The Morgan fingerprint density at radius 3 is 2.90 bits per heavy atom. The summed E-state index contributed by atoms with van der Waals surface area (Å²) in [4.78, 5) is 11.1. The van der Waals surface area contributed by atoms with Crippen LogP contribution in [0.25, 0.3) is 10.2 Å². The molecule has 2 heterocycles. The Morgan fingerprint density at radius 1 is 1.25 bits per heavy atom. The number of thiophene rings is 1. The van der Waals surface area contributed by atoms with Crippen molar-refractivity contribution >= 4 is 55.1 Å². The fraction of sp³-hybridized carbons (Fsp3) is 0.0769. The van der Waals surface area contributed by atoms with E-state index < -0.39 is 0 Å². The van der Waals surface area contributed by atoms with E-state index in [2.05, 4.69) is 37.4 Å². The van der Waals surface area contributed by atoms with Gasteiger partial charge in [0.2, 0.25) is 0 Å². The topological polar surface area (TPSA) is 63.8 Å². The van der Waals surface area contributed by atoms with Crippen LogP contribution in [0, 0.1) is 0 Å². The second-order valence-corrected chi connectivity index (χ2v) is 6.76. The highest BCUT2D eigenvalue weighted by Gasteiger charge is 2.09. The second kappa shape index (κ2) is 6.09. The molecule has 0 aliphatic carbocycles. The fourth-order valence-electron chi connectivity index (χ4n) is 1.78. The molecule has 3 aromatic rings. The highest BCUT2D eigenvalue weighted by Crippen LogP contribution is 2.30. The van der Waals surface area contributed by atoms with Gasteiger partial charge in [0, 0.05) is 9.37 Å². The minimum atomic E-state index is 0.680. The average Bonchev–Trinajstić information content (AvgIpc) is 2.94. The van der Waals surface area contributed by atoms with E-state index in [0.717, 1.165) is 20.5 Å². The molecule has 0 unspecified atom stereocenters. The van der Waals surface area contributed by atoms with E-state index in [1.807, 2.05) is 29.6 Å². The molecule has 0 atom stereocenters. The molecule has 4 nitrogen and oxygen atoms in total. The highest BCUT2D eigenvalue weighted by atomic mass is 79.9. The lowest BCUT2D eigenvalue weighted by Crippen LogP contribution is -2.10. The van der Waals surface area contributed by atoms with Gasteiger partial charge in [-0.3, -0.25) is 0 Å². The van der Waals surface area contributed by atoms with E-state index in [4.69, 9.17) is 5.84 Å². The number of aromatic nitrogens is 2. The van der Waals surface area contributed by atoms with Crippen LogP contribution in [0.3, 0.4) is 0 Å². The largest absolute Gasteiger partial charge is 0.308 e. The van der Waals surface area contributed by atoms with Gasteiger partial charge in [0.1, 0.15) is 10.7 Å². The molecule has 20 heavy (non-hydrogen) atoms. The summed E-state index contributed by atoms with van der Waals surface area (Å²) in [5, 5.41) is 2.96. The van der Waals surface area contributed by atoms with Crippen molar-refractivity contribution in [2.45, 2.75) is 10.6 Å². The van der Waals surface area contributed by atoms with Crippen LogP contribution in [0.5, 0.6) is 0 Å². The minimum Gasteiger partial charge on any atom is -0.308 e. The number of nitrogens with zero attached hydrogens (tertiary/aromatic N) is 2. The van der Waals surface area contributed by atoms with E-state index in [-0.39, 0.29) is 0 Å². The van der Waals surface area contributed by atoms with E-state index in [0.29, 0.717) is 11.6 Å². The number of fused-ring (bicyclic) bond motifs is 1. The minimum absolute atomic E-state index is 0.680. The van der Waals surface area contributed by atoms with Gasteiger partial charge in [-0.15, -0.1) is 23.1 Å². The lowest BCUT2D eigenvalue weighted by atomic mass is 10.4. The fourth-order valence-corrected chi connectivity index (χ4v) is 3.98. The monoisotopic (exact) mass is 366 g/mol. The van der Waals surface area contributed by atoms with Crippen LogP contribution in [0.4, 0.5) is 5.82 Å². The first kappa shape index (κ1) is 13.8. The van der Waals surface area contributed by atoms with Gasteiger partial charge in [-0.05, 0) is 39.5 Å². The first-order valence-corrected chi connectivity index (χ1v) is 8.52. The summed E-state index contributed by atoms with van der Waals surface area (Å²) in [5.41, 5.74) is 2.64. The molecule has 3 N–H and O–H groups in total. The van der Waals surface area contributed by atoms with Gasteiger partial charge in [0.05, 0.1) is 11.1 Å². The van der Waals surface area contributed by atoms with E-state index in [1.165, 1.54) is 4.90 Å². The Labute approximate surface area is 132 Å². The van der Waals surface area contributed by atoms with Crippen molar-refractivity contribution in [3.05, 3.63) is 46.0 Å². The Hall–Kier alpha value is -1.15. The molecular weight excluding hydrogens is 356 g/mol. The summed E-state index contributed by atoms with van der Waals surface area (Å²) in [6.45, 7) is 0. The third-order valence-electron chi connectivity index (χ3n) is 2.70. The van der Waals surface area contributed by atoms with Gasteiger partial charge in [0.25, 0.3) is 0 Å². The van der Waals surface area contributed by atoms with E-state index >= 15 is 0 Å². The number of hydrogen-bond donors (Lipinski definition) is 2. The van der Waals surface area contributed by atoms with Gasteiger partial charge >= 0.3 is 0 Å². The Morgan fingerprint density at radius 2 is 2.10 bits per heavy atom. The lowest BCUT2D eigenvalue weighted by molar-refractivity contribution is 1.06.